The van der Waals surface area contributed by atoms with Crippen LogP contribution in [0, 0.1) is 0 Å². The van der Waals surface area contributed by atoms with E-state index in [1.165, 1.54) is 5.56 Å². The molecular formula is C24H26N4O3. The fourth-order valence-electron chi connectivity index (χ4n) is 4.91. The standard InChI is InChI=1S/C24H26N4O3/c29-22-9-8-21(23(30)26-22)28-15-20-18(24(28)31)6-7-19(25-20)17-10-12-27(13-11-17)14-16-4-2-1-3-5-16/h1-7,17,21H,8-15H2,(H,26,29,30). The zero-order valence-electron chi connectivity index (χ0n) is 17.4. The quantitative estimate of drug-likeness (QED) is 0.770. The van der Waals surface area contributed by atoms with Gasteiger partial charge in [0, 0.05) is 24.6 Å². The van der Waals surface area contributed by atoms with Gasteiger partial charge in [0.05, 0.1) is 17.8 Å². The smallest absolute Gasteiger partial charge is 0.256 e. The largest absolute Gasteiger partial charge is 0.321 e. The van der Waals surface area contributed by atoms with Gasteiger partial charge in [0.1, 0.15) is 6.04 Å². The summed E-state index contributed by atoms with van der Waals surface area (Å²) in [6.07, 6.45) is 2.72. The lowest BCUT2D eigenvalue weighted by molar-refractivity contribution is -0.136. The lowest BCUT2D eigenvalue weighted by atomic mass is 9.92. The molecule has 2 saturated heterocycles. The van der Waals surface area contributed by atoms with E-state index in [0.717, 1.165) is 43.9 Å². The van der Waals surface area contributed by atoms with Crippen LogP contribution < -0.4 is 5.32 Å². The number of nitrogens with one attached hydrogen (secondary N) is 1. The molecule has 3 amide bonds. The predicted octanol–water partition coefficient (Wildman–Crippen LogP) is 2.22. The molecule has 0 bridgehead atoms. The number of benzene rings is 1. The number of fused-ring (bicyclic) bond motifs is 1. The Bertz CT molecular complexity index is 1010. The van der Waals surface area contributed by atoms with Crippen LogP contribution in [-0.2, 0) is 22.7 Å². The van der Waals surface area contributed by atoms with Crippen LogP contribution in [0.3, 0.4) is 0 Å². The Hall–Kier alpha value is -3.06. The highest BCUT2D eigenvalue weighted by Crippen LogP contribution is 2.31. The van der Waals surface area contributed by atoms with Crippen molar-refractivity contribution >= 4 is 17.7 Å². The summed E-state index contributed by atoms with van der Waals surface area (Å²) in [5.41, 5.74) is 3.70. The summed E-state index contributed by atoms with van der Waals surface area (Å²) in [5.74, 6) is -0.439. The van der Waals surface area contributed by atoms with E-state index in [1.54, 1.807) is 4.90 Å². The van der Waals surface area contributed by atoms with Crippen LogP contribution in [-0.4, -0.2) is 51.6 Å². The Kier molecular flexibility index (Phi) is 5.28. The first-order valence-electron chi connectivity index (χ1n) is 11.0. The van der Waals surface area contributed by atoms with Crippen LogP contribution in [0.15, 0.2) is 42.5 Å². The Balaban J connectivity index is 1.24. The zero-order valence-corrected chi connectivity index (χ0v) is 17.4. The number of nitrogens with zero attached hydrogens (tertiary/aromatic N) is 3. The molecule has 160 valence electrons. The first-order chi connectivity index (χ1) is 15.1. The monoisotopic (exact) mass is 418 g/mol. The highest BCUT2D eigenvalue weighted by molar-refractivity contribution is 6.05. The molecule has 2 aromatic rings. The van der Waals surface area contributed by atoms with E-state index in [4.69, 9.17) is 4.98 Å². The SMILES string of the molecule is O=C1CCC(N2Cc3nc(C4CCN(Cc5ccccc5)CC4)ccc3C2=O)C(=O)N1. The Morgan fingerprint density at radius 1 is 0.968 bits per heavy atom. The van der Waals surface area contributed by atoms with Crippen molar-refractivity contribution in [2.45, 2.75) is 50.7 Å². The van der Waals surface area contributed by atoms with E-state index in [-0.39, 0.29) is 24.1 Å². The second kappa shape index (κ2) is 8.23. The maximum atomic E-state index is 12.8. The molecule has 2 fully saturated rings. The van der Waals surface area contributed by atoms with Gasteiger partial charge in [0.25, 0.3) is 5.91 Å². The van der Waals surface area contributed by atoms with Crippen LogP contribution in [0.5, 0.6) is 0 Å². The lowest BCUT2D eigenvalue weighted by Gasteiger charge is -2.31. The minimum absolute atomic E-state index is 0.166. The molecule has 3 aliphatic rings. The predicted molar refractivity (Wildman–Crippen MR) is 114 cm³/mol. The average molecular weight is 418 g/mol. The molecule has 1 atom stereocenters. The molecule has 7 nitrogen and oxygen atoms in total. The Morgan fingerprint density at radius 3 is 2.48 bits per heavy atom. The van der Waals surface area contributed by atoms with Gasteiger partial charge in [-0.1, -0.05) is 30.3 Å². The fraction of sp³-hybridized carbons (Fsp3) is 0.417. The second-order valence-corrected chi connectivity index (χ2v) is 8.67. The molecule has 31 heavy (non-hydrogen) atoms. The summed E-state index contributed by atoms with van der Waals surface area (Å²) < 4.78 is 0. The first kappa shape index (κ1) is 19.9. The highest BCUT2D eigenvalue weighted by atomic mass is 16.2. The summed E-state index contributed by atoms with van der Waals surface area (Å²) >= 11 is 0. The summed E-state index contributed by atoms with van der Waals surface area (Å²) in [6, 6.07) is 13.8. The van der Waals surface area contributed by atoms with Crippen molar-refractivity contribution in [3.05, 3.63) is 65.0 Å². The molecule has 1 N–H and O–H groups in total. The molecule has 1 unspecified atom stereocenters. The summed E-state index contributed by atoms with van der Waals surface area (Å²) in [4.78, 5) is 45.4. The lowest BCUT2D eigenvalue weighted by Crippen LogP contribution is -2.52. The normalized spacial score (nSPS) is 22.5. The molecule has 1 aromatic carbocycles. The summed E-state index contributed by atoms with van der Waals surface area (Å²) in [5, 5.41) is 2.34. The summed E-state index contributed by atoms with van der Waals surface area (Å²) in [7, 11) is 0. The third kappa shape index (κ3) is 3.97. The third-order valence-electron chi connectivity index (χ3n) is 6.65. The third-order valence-corrected chi connectivity index (χ3v) is 6.65. The number of carbonyl (C=O) groups is 3. The fourth-order valence-corrected chi connectivity index (χ4v) is 4.91. The molecule has 0 aliphatic carbocycles. The molecule has 0 spiro atoms. The molecule has 7 heteroatoms. The van der Waals surface area contributed by atoms with Crippen LogP contribution in [0.4, 0.5) is 0 Å². The van der Waals surface area contributed by atoms with E-state index in [1.807, 2.05) is 18.2 Å². The van der Waals surface area contributed by atoms with Crippen molar-refractivity contribution in [2.24, 2.45) is 0 Å². The van der Waals surface area contributed by atoms with E-state index >= 15 is 0 Å². The molecular weight excluding hydrogens is 392 g/mol. The van der Waals surface area contributed by atoms with E-state index in [0.29, 0.717) is 24.4 Å². The number of piperidine rings is 2. The number of carbonyl (C=O) groups excluding carboxylic acids is 3. The van der Waals surface area contributed by atoms with Gasteiger partial charge in [-0.15, -0.1) is 0 Å². The molecule has 5 rings (SSSR count). The number of aromatic nitrogens is 1. The maximum Gasteiger partial charge on any atom is 0.256 e. The second-order valence-electron chi connectivity index (χ2n) is 8.67. The van der Waals surface area contributed by atoms with Crippen molar-refractivity contribution in [1.82, 2.24) is 20.1 Å². The summed E-state index contributed by atoms with van der Waals surface area (Å²) in [6.45, 7) is 3.36. The van der Waals surface area contributed by atoms with Gasteiger partial charge in [-0.05, 0) is 50.0 Å². The molecule has 0 radical (unpaired) electrons. The van der Waals surface area contributed by atoms with Gasteiger partial charge in [-0.2, -0.15) is 0 Å². The number of amides is 3. The maximum absolute atomic E-state index is 12.8. The van der Waals surface area contributed by atoms with Gasteiger partial charge in [0.15, 0.2) is 0 Å². The van der Waals surface area contributed by atoms with Gasteiger partial charge in [-0.25, -0.2) is 0 Å². The first-order valence-corrected chi connectivity index (χ1v) is 11.0. The molecule has 4 heterocycles. The van der Waals surface area contributed by atoms with E-state index in [2.05, 4.69) is 34.5 Å². The van der Waals surface area contributed by atoms with Gasteiger partial charge < -0.3 is 4.90 Å². The van der Waals surface area contributed by atoms with Crippen molar-refractivity contribution in [3.8, 4) is 0 Å². The molecule has 3 aliphatic heterocycles. The van der Waals surface area contributed by atoms with Crippen LogP contribution in [0.2, 0.25) is 0 Å². The highest BCUT2D eigenvalue weighted by Gasteiger charge is 2.40. The number of hydrogen-bond acceptors (Lipinski definition) is 5. The Labute approximate surface area is 181 Å². The topological polar surface area (TPSA) is 82.6 Å². The van der Waals surface area contributed by atoms with Crippen LogP contribution >= 0.6 is 0 Å². The average Bonchev–Trinajstić information content (AvgIpc) is 3.10. The van der Waals surface area contributed by atoms with Crippen molar-refractivity contribution < 1.29 is 14.4 Å². The molecule has 1 aromatic heterocycles. The van der Waals surface area contributed by atoms with Gasteiger partial charge in [0.2, 0.25) is 11.8 Å². The molecule has 0 saturated carbocycles. The van der Waals surface area contributed by atoms with Crippen LogP contribution in [0.1, 0.15) is 58.9 Å². The number of imide groups is 1. The van der Waals surface area contributed by atoms with Gasteiger partial charge in [-0.3, -0.25) is 29.6 Å². The van der Waals surface area contributed by atoms with E-state index < -0.39 is 6.04 Å². The zero-order chi connectivity index (χ0) is 21.4. The number of hydrogen-bond donors (Lipinski definition) is 1. The minimum Gasteiger partial charge on any atom is -0.321 e. The minimum atomic E-state index is -0.593. The van der Waals surface area contributed by atoms with E-state index in [9.17, 15) is 14.4 Å². The Morgan fingerprint density at radius 2 is 1.74 bits per heavy atom. The number of rotatable bonds is 4. The van der Waals surface area contributed by atoms with Crippen molar-refractivity contribution in [3.63, 3.8) is 0 Å². The van der Waals surface area contributed by atoms with Gasteiger partial charge >= 0.3 is 0 Å². The number of pyridine rings is 1. The van der Waals surface area contributed by atoms with Crippen molar-refractivity contribution in [2.75, 3.05) is 13.1 Å². The number of likely N-dealkylation sites (tertiary alicyclic amines) is 1. The van der Waals surface area contributed by atoms with Crippen LogP contribution in [0.25, 0.3) is 0 Å². The van der Waals surface area contributed by atoms with Crippen molar-refractivity contribution in [1.29, 1.82) is 0 Å².